The Bertz CT molecular complexity index is 474. The summed E-state index contributed by atoms with van der Waals surface area (Å²) in [4.78, 5) is 11.9. The molecule has 0 spiro atoms. The number of nitrogens with two attached hydrogens (primary N) is 1. The van der Waals surface area contributed by atoms with E-state index in [1.165, 1.54) is 11.1 Å². The highest BCUT2D eigenvalue weighted by atomic mass is 16.5. The van der Waals surface area contributed by atoms with E-state index >= 15 is 0 Å². The van der Waals surface area contributed by atoms with Crippen molar-refractivity contribution in [1.29, 1.82) is 0 Å². The fraction of sp³-hybridized carbons (Fsp3) is 0.562. The van der Waals surface area contributed by atoms with Gasteiger partial charge >= 0.3 is 0 Å². The van der Waals surface area contributed by atoms with E-state index in [0.717, 1.165) is 25.0 Å². The summed E-state index contributed by atoms with van der Waals surface area (Å²) in [5, 5.41) is 3.03. The molecule has 2 unspecified atom stereocenters. The lowest BCUT2D eigenvalue weighted by atomic mass is 10.0. The molecular formula is C16H24N2O2. The topological polar surface area (TPSA) is 64.3 Å². The van der Waals surface area contributed by atoms with Gasteiger partial charge in [0.05, 0.1) is 0 Å². The molecule has 4 nitrogen and oxygen atoms in total. The van der Waals surface area contributed by atoms with Crippen LogP contribution in [0.25, 0.3) is 0 Å². The van der Waals surface area contributed by atoms with Gasteiger partial charge in [0, 0.05) is 6.04 Å². The molecule has 20 heavy (non-hydrogen) atoms. The van der Waals surface area contributed by atoms with Gasteiger partial charge in [-0.3, -0.25) is 4.79 Å². The molecule has 4 heteroatoms. The normalized spacial score (nSPS) is 21.8. The molecule has 0 aliphatic heterocycles. The van der Waals surface area contributed by atoms with Crippen LogP contribution in [-0.2, 0) is 4.79 Å². The van der Waals surface area contributed by atoms with Crippen molar-refractivity contribution in [3.8, 4) is 5.75 Å². The van der Waals surface area contributed by atoms with Gasteiger partial charge in [-0.05, 0) is 62.4 Å². The standard InChI is InChI=1S/C16H24N2O2/c1-11-6-7-14(8-12(11)2)20-10-16(19)18-15-5-3-4-13(15)9-17/h6-8,13,15H,3-5,9-10,17H2,1-2H3,(H,18,19). The first-order valence-electron chi connectivity index (χ1n) is 7.29. The molecule has 1 aliphatic rings. The van der Waals surface area contributed by atoms with Crippen LogP contribution in [0.15, 0.2) is 18.2 Å². The SMILES string of the molecule is Cc1ccc(OCC(=O)NC2CCCC2CN)cc1C. The summed E-state index contributed by atoms with van der Waals surface area (Å²) >= 11 is 0. The molecule has 1 saturated carbocycles. The number of aryl methyl sites for hydroxylation is 2. The molecular weight excluding hydrogens is 252 g/mol. The Kier molecular flexibility index (Phi) is 5.01. The third-order valence-electron chi connectivity index (χ3n) is 4.16. The predicted octanol–water partition coefficient (Wildman–Crippen LogP) is 1.93. The number of benzene rings is 1. The number of carbonyl (C=O) groups is 1. The summed E-state index contributed by atoms with van der Waals surface area (Å²) in [7, 11) is 0. The van der Waals surface area contributed by atoms with Crippen molar-refractivity contribution in [2.75, 3.05) is 13.2 Å². The number of ether oxygens (including phenoxy) is 1. The Morgan fingerprint density at radius 3 is 2.85 bits per heavy atom. The minimum atomic E-state index is -0.0615. The number of nitrogens with one attached hydrogen (secondary N) is 1. The number of rotatable bonds is 5. The molecule has 2 rings (SSSR count). The molecule has 1 aromatic carbocycles. The van der Waals surface area contributed by atoms with Crippen LogP contribution < -0.4 is 15.8 Å². The van der Waals surface area contributed by atoms with Crippen molar-refractivity contribution in [1.82, 2.24) is 5.32 Å². The van der Waals surface area contributed by atoms with Crippen LogP contribution in [-0.4, -0.2) is 25.1 Å². The molecule has 0 aromatic heterocycles. The van der Waals surface area contributed by atoms with Crippen molar-refractivity contribution >= 4 is 5.91 Å². The summed E-state index contributed by atoms with van der Waals surface area (Å²) in [6.45, 7) is 4.80. The summed E-state index contributed by atoms with van der Waals surface area (Å²) < 4.78 is 5.54. The van der Waals surface area contributed by atoms with Gasteiger partial charge in [0.15, 0.2) is 6.61 Å². The van der Waals surface area contributed by atoms with Crippen LogP contribution in [0, 0.1) is 19.8 Å². The number of hydrogen-bond acceptors (Lipinski definition) is 3. The summed E-state index contributed by atoms with van der Waals surface area (Å²) in [5.74, 6) is 1.10. The average Bonchev–Trinajstić information content (AvgIpc) is 2.87. The molecule has 1 aliphatic carbocycles. The second-order valence-corrected chi connectivity index (χ2v) is 5.64. The Morgan fingerprint density at radius 1 is 1.35 bits per heavy atom. The lowest BCUT2D eigenvalue weighted by Gasteiger charge is -2.19. The maximum absolute atomic E-state index is 11.9. The van der Waals surface area contributed by atoms with Crippen molar-refractivity contribution in [2.45, 2.75) is 39.2 Å². The third kappa shape index (κ3) is 3.73. The Labute approximate surface area is 120 Å². The van der Waals surface area contributed by atoms with Crippen LogP contribution in [0.3, 0.4) is 0 Å². The quantitative estimate of drug-likeness (QED) is 0.863. The Hall–Kier alpha value is -1.55. The molecule has 0 saturated heterocycles. The van der Waals surface area contributed by atoms with Gasteiger partial charge in [-0.25, -0.2) is 0 Å². The van der Waals surface area contributed by atoms with Gasteiger partial charge in [0.1, 0.15) is 5.75 Å². The number of amides is 1. The van der Waals surface area contributed by atoms with E-state index in [-0.39, 0.29) is 18.6 Å². The summed E-state index contributed by atoms with van der Waals surface area (Å²) in [6.07, 6.45) is 3.28. The fourth-order valence-corrected chi connectivity index (χ4v) is 2.71. The van der Waals surface area contributed by atoms with E-state index in [1.54, 1.807) is 0 Å². The highest BCUT2D eigenvalue weighted by molar-refractivity contribution is 5.77. The predicted molar refractivity (Wildman–Crippen MR) is 79.7 cm³/mol. The molecule has 2 atom stereocenters. The first kappa shape index (κ1) is 14.9. The van der Waals surface area contributed by atoms with Crippen LogP contribution in [0.4, 0.5) is 0 Å². The second kappa shape index (κ2) is 6.75. The van der Waals surface area contributed by atoms with Crippen molar-refractivity contribution in [3.63, 3.8) is 0 Å². The van der Waals surface area contributed by atoms with Gasteiger partial charge in [-0.15, -0.1) is 0 Å². The molecule has 0 heterocycles. The molecule has 3 N–H and O–H groups in total. The average molecular weight is 276 g/mol. The lowest BCUT2D eigenvalue weighted by molar-refractivity contribution is -0.124. The first-order valence-corrected chi connectivity index (χ1v) is 7.29. The largest absolute Gasteiger partial charge is 0.484 e. The first-order chi connectivity index (χ1) is 9.60. The zero-order valence-corrected chi connectivity index (χ0v) is 12.3. The van der Waals surface area contributed by atoms with E-state index in [0.29, 0.717) is 12.5 Å². The van der Waals surface area contributed by atoms with E-state index in [9.17, 15) is 4.79 Å². The maximum Gasteiger partial charge on any atom is 0.258 e. The highest BCUT2D eigenvalue weighted by Crippen LogP contribution is 2.24. The second-order valence-electron chi connectivity index (χ2n) is 5.64. The van der Waals surface area contributed by atoms with Crippen LogP contribution >= 0.6 is 0 Å². The minimum absolute atomic E-state index is 0.0615. The Morgan fingerprint density at radius 2 is 2.15 bits per heavy atom. The monoisotopic (exact) mass is 276 g/mol. The van der Waals surface area contributed by atoms with Gasteiger partial charge in [0.2, 0.25) is 0 Å². The zero-order valence-electron chi connectivity index (χ0n) is 12.3. The number of hydrogen-bond donors (Lipinski definition) is 2. The Balaban J connectivity index is 1.81. The van der Waals surface area contributed by atoms with E-state index in [2.05, 4.69) is 12.2 Å². The smallest absolute Gasteiger partial charge is 0.258 e. The van der Waals surface area contributed by atoms with Gasteiger partial charge in [0.25, 0.3) is 5.91 Å². The fourth-order valence-electron chi connectivity index (χ4n) is 2.71. The van der Waals surface area contributed by atoms with Crippen LogP contribution in [0.2, 0.25) is 0 Å². The summed E-state index contributed by atoms with van der Waals surface area (Å²) in [6, 6.07) is 6.08. The van der Waals surface area contributed by atoms with E-state index in [4.69, 9.17) is 10.5 Å². The molecule has 1 amide bonds. The maximum atomic E-state index is 11.9. The molecule has 110 valence electrons. The minimum Gasteiger partial charge on any atom is -0.484 e. The number of carbonyl (C=O) groups excluding carboxylic acids is 1. The zero-order chi connectivity index (χ0) is 14.5. The lowest BCUT2D eigenvalue weighted by Crippen LogP contribution is -2.42. The highest BCUT2D eigenvalue weighted by Gasteiger charge is 2.27. The van der Waals surface area contributed by atoms with Gasteiger partial charge < -0.3 is 15.8 Å². The van der Waals surface area contributed by atoms with Crippen LogP contribution in [0.5, 0.6) is 5.75 Å². The van der Waals surface area contributed by atoms with Crippen molar-refractivity contribution in [3.05, 3.63) is 29.3 Å². The van der Waals surface area contributed by atoms with Crippen LogP contribution in [0.1, 0.15) is 30.4 Å². The molecule has 1 fully saturated rings. The van der Waals surface area contributed by atoms with Gasteiger partial charge in [-0.1, -0.05) is 12.5 Å². The van der Waals surface area contributed by atoms with E-state index in [1.807, 2.05) is 25.1 Å². The molecule has 0 radical (unpaired) electrons. The van der Waals surface area contributed by atoms with Crippen molar-refractivity contribution < 1.29 is 9.53 Å². The van der Waals surface area contributed by atoms with E-state index < -0.39 is 0 Å². The summed E-state index contributed by atoms with van der Waals surface area (Å²) in [5.41, 5.74) is 8.10. The van der Waals surface area contributed by atoms with Crippen molar-refractivity contribution in [2.24, 2.45) is 11.7 Å². The molecule has 0 bridgehead atoms. The third-order valence-corrected chi connectivity index (χ3v) is 4.16. The molecule has 1 aromatic rings. The van der Waals surface area contributed by atoms with Gasteiger partial charge in [-0.2, -0.15) is 0 Å².